The number of benzene rings is 2. The molecule has 0 atom stereocenters. The Bertz CT molecular complexity index is 946. The molecule has 2 aromatic rings. The first kappa shape index (κ1) is 21.5. The topological polar surface area (TPSA) is 95.6 Å². The van der Waals surface area contributed by atoms with Gasteiger partial charge in [0.05, 0.1) is 11.4 Å². The van der Waals surface area contributed by atoms with E-state index in [0.717, 1.165) is 5.56 Å². The summed E-state index contributed by atoms with van der Waals surface area (Å²) < 4.78 is 39.8. The summed E-state index contributed by atoms with van der Waals surface area (Å²) in [5, 5.41) is 2.49. The Labute approximate surface area is 163 Å². The van der Waals surface area contributed by atoms with Crippen LogP contribution in [-0.4, -0.2) is 45.3 Å². The zero-order valence-corrected chi connectivity index (χ0v) is 16.4. The van der Waals surface area contributed by atoms with E-state index in [1.165, 1.54) is 48.3 Å². The van der Waals surface area contributed by atoms with E-state index in [0.29, 0.717) is 0 Å². The second kappa shape index (κ2) is 9.43. The van der Waals surface area contributed by atoms with Crippen LogP contribution in [0.25, 0.3) is 0 Å². The van der Waals surface area contributed by atoms with Crippen molar-refractivity contribution in [2.45, 2.75) is 18.2 Å². The summed E-state index contributed by atoms with van der Waals surface area (Å²) in [5.41, 5.74) is 1.23. The Morgan fingerprint density at radius 2 is 1.79 bits per heavy atom. The molecular weight excluding hydrogens is 385 g/mol. The number of carbonyl (C=O) groups excluding carboxylic acids is 2. The summed E-state index contributed by atoms with van der Waals surface area (Å²) in [6.07, 6.45) is -0.102. The van der Waals surface area contributed by atoms with Crippen molar-refractivity contribution in [2.24, 2.45) is 0 Å². The Morgan fingerprint density at radius 1 is 1.11 bits per heavy atom. The molecule has 0 saturated carbocycles. The number of anilines is 1. The summed E-state index contributed by atoms with van der Waals surface area (Å²) in [6.45, 7) is 1.52. The maximum atomic E-state index is 13.1. The van der Waals surface area contributed by atoms with Crippen LogP contribution in [-0.2, 0) is 19.6 Å². The van der Waals surface area contributed by atoms with Crippen molar-refractivity contribution in [2.75, 3.05) is 25.5 Å². The molecule has 0 spiro atoms. The van der Waals surface area contributed by atoms with E-state index < -0.39 is 27.7 Å². The van der Waals surface area contributed by atoms with E-state index in [1.807, 2.05) is 6.92 Å². The first-order valence-corrected chi connectivity index (χ1v) is 10.0. The third-order valence-electron chi connectivity index (χ3n) is 3.88. The predicted octanol–water partition coefficient (Wildman–Crippen LogP) is 1.90. The van der Waals surface area contributed by atoms with Gasteiger partial charge in [0.25, 0.3) is 0 Å². The van der Waals surface area contributed by atoms with E-state index in [1.54, 1.807) is 12.1 Å². The van der Waals surface area contributed by atoms with Crippen molar-refractivity contribution < 1.29 is 22.4 Å². The Balaban J connectivity index is 1.80. The lowest BCUT2D eigenvalue weighted by molar-refractivity contribution is -0.133. The first-order chi connectivity index (χ1) is 13.2. The summed E-state index contributed by atoms with van der Waals surface area (Å²) in [5.74, 6) is -1.37. The second-order valence-corrected chi connectivity index (χ2v) is 8.04. The number of nitrogens with zero attached hydrogens (tertiary/aromatic N) is 1. The van der Waals surface area contributed by atoms with Gasteiger partial charge in [-0.1, -0.05) is 23.8 Å². The Hall–Kier alpha value is -2.78. The van der Waals surface area contributed by atoms with Crippen LogP contribution in [0.15, 0.2) is 53.4 Å². The molecule has 0 aliphatic carbocycles. The third kappa shape index (κ3) is 6.43. The first-order valence-electron chi connectivity index (χ1n) is 8.53. The van der Waals surface area contributed by atoms with Gasteiger partial charge in [0.2, 0.25) is 21.8 Å². The van der Waals surface area contributed by atoms with E-state index in [4.69, 9.17) is 0 Å². The fraction of sp³-hybridized carbons (Fsp3) is 0.263. The van der Waals surface area contributed by atoms with Crippen molar-refractivity contribution in [3.63, 3.8) is 0 Å². The Kier molecular flexibility index (Phi) is 7.24. The van der Waals surface area contributed by atoms with Crippen LogP contribution in [0, 0.1) is 12.7 Å². The lowest BCUT2D eigenvalue weighted by Gasteiger charge is -2.17. The second-order valence-electron chi connectivity index (χ2n) is 6.27. The fourth-order valence-electron chi connectivity index (χ4n) is 2.35. The molecule has 9 heteroatoms. The van der Waals surface area contributed by atoms with Gasteiger partial charge in [-0.05, 0) is 37.3 Å². The number of amides is 2. The van der Waals surface area contributed by atoms with Crippen molar-refractivity contribution in [1.82, 2.24) is 9.62 Å². The monoisotopic (exact) mass is 407 g/mol. The fourth-order valence-corrected chi connectivity index (χ4v) is 3.39. The molecule has 0 heterocycles. The number of hydrogen-bond acceptors (Lipinski definition) is 4. The summed E-state index contributed by atoms with van der Waals surface area (Å²) >= 11 is 0. The maximum Gasteiger partial charge on any atom is 0.243 e. The van der Waals surface area contributed by atoms with Crippen LogP contribution in [0.3, 0.4) is 0 Å². The van der Waals surface area contributed by atoms with Gasteiger partial charge in [0.1, 0.15) is 5.82 Å². The van der Waals surface area contributed by atoms with Gasteiger partial charge in [-0.3, -0.25) is 9.59 Å². The number of sulfonamides is 1. The molecule has 150 valence electrons. The van der Waals surface area contributed by atoms with Gasteiger partial charge in [0.15, 0.2) is 0 Å². The van der Waals surface area contributed by atoms with Crippen molar-refractivity contribution in [1.29, 1.82) is 0 Å². The maximum absolute atomic E-state index is 13.1. The van der Waals surface area contributed by atoms with Gasteiger partial charge in [-0.15, -0.1) is 0 Å². The average Bonchev–Trinajstić information content (AvgIpc) is 2.61. The van der Waals surface area contributed by atoms with Crippen LogP contribution < -0.4 is 10.0 Å². The summed E-state index contributed by atoms with van der Waals surface area (Å²) in [4.78, 5) is 25.3. The molecule has 0 aromatic heterocycles. The lowest BCUT2D eigenvalue weighted by Crippen LogP contribution is -2.37. The van der Waals surface area contributed by atoms with Crippen LogP contribution >= 0.6 is 0 Å². The van der Waals surface area contributed by atoms with Crippen molar-refractivity contribution >= 4 is 27.5 Å². The van der Waals surface area contributed by atoms with E-state index in [2.05, 4.69) is 10.0 Å². The van der Waals surface area contributed by atoms with Gasteiger partial charge < -0.3 is 10.2 Å². The normalized spacial score (nSPS) is 11.1. The Morgan fingerprint density at radius 3 is 2.43 bits per heavy atom. The highest BCUT2D eigenvalue weighted by molar-refractivity contribution is 7.89. The number of likely N-dealkylation sites (N-methyl/N-ethyl adjacent to an activating group) is 1. The number of carbonyl (C=O) groups is 2. The van der Waals surface area contributed by atoms with Crippen molar-refractivity contribution in [3.05, 3.63) is 59.9 Å². The highest BCUT2D eigenvalue weighted by Gasteiger charge is 2.16. The zero-order valence-electron chi connectivity index (χ0n) is 15.6. The number of rotatable bonds is 8. The van der Waals surface area contributed by atoms with Gasteiger partial charge in [0, 0.05) is 25.7 Å². The SMILES string of the molecule is Cc1ccc(S(=O)(=O)NCCC(=O)N(C)CC(=O)Nc2cccc(F)c2)cc1. The molecule has 0 unspecified atom stereocenters. The number of aryl methyl sites for hydroxylation is 1. The minimum absolute atomic E-state index is 0.0924. The van der Waals surface area contributed by atoms with Crippen LogP contribution in [0.2, 0.25) is 0 Å². The molecule has 0 saturated heterocycles. The molecular formula is C19H22FN3O4S. The van der Waals surface area contributed by atoms with Crippen molar-refractivity contribution in [3.8, 4) is 0 Å². The predicted molar refractivity (Wildman–Crippen MR) is 104 cm³/mol. The molecule has 2 aromatic carbocycles. The molecule has 2 N–H and O–H groups in total. The van der Waals surface area contributed by atoms with Gasteiger partial charge >= 0.3 is 0 Å². The highest BCUT2D eigenvalue weighted by Crippen LogP contribution is 2.10. The number of nitrogens with one attached hydrogen (secondary N) is 2. The quantitative estimate of drug-likeness (QED) is 0.699. The van der Waals surface area contributed by atoms with E-state index in [9.17, 15) is 22.4 Å². The van der Waals surface area contributed by atoms with E-state index >= 15 is 0 Å². The van der Waals surface area contributed by atoms with Crippen LogP contribution in [0.1, 0.15) is 12.0 Å². The average molecular weight is 407 g/mol. The molecule has 0 fully saturated rings. The molecule has 7 nitrogen and oxygen atoms in total. The molecule has 2 amide bonds. The van der Waals surface area contributed by atoms with E-state index in [-0.39, 0.29) is 30.1 Å². The van der Waals surface area contributed by atoms with Gasteiger partial charge in [-0.25, -0.2) is 17.5 Å². The highest BCUT2D eigenvalue weighted by atomic mass is 32.2. The molecule has 2 rings (SSSR count). The molecule has 0 bridgehead atoms. The molecule has 0 aliphatic rings. The number of hydrogen-bond donors (Lipinski definition) is 2. The molecule has 0 aliphatic heterocycles. The van der Waals surface area contributed by atoms with Gasteiger partial charge in [-0.2, -0.15) is 0 Å². The van der Waals surface area contributed by atoms with Crippen LogP contribution in [0.5, 0.6) is 0 Å². The summed E-state index contributed by atoms with van der Waals surface area (Å²) in [7, 11) is -2.27. The minimum atomic E-state index is -3.70. The molecule has 28 heavy (non-hydrogen) atoms. The smallest absolute Gasteiger partial charge is 0.243 e. The zero-order chi connectivity index (χ0) is 20.7. The largest absolute Gasteiger partial charge is 0.336 e. The third-order valence-corrected chi connectivity index (χ3v) is 5.35. The molecule has 0 radical (unpaired) electrons. The summed E-state index contributed by atoms with van der Waals surface area (Å²) in [6, 6.07) is 11.8. The lowest BCUT2D eigenvalue weighted by atomic mass is 10.2. The minimum Gasteiger partial charge on any atom is -0.336 e. The van der Waals surface area contributed by atoms with Crippen LogP contribution in [0.4, 0.5) is 10.1 Å². The number of halogens is 1. The standard InChI is InChI=1S/C19H22FN3O4S/c1-14-6-8-17(9-7-14)28(26,27)21-11-10-19(25)23(2)13-18(24)22-16-5-3-4-15(20)12-16/h3-9,12,21H,10-11,13H2,1-2H3,(H,22,24).